The smallest absolute Gasteiger partial charge is 0.119 e. The Kier molecular flexibility index (Phi) is 7.68. The lowest BCUT2D eigenvalue weighted by Crippen LogP contribution is -2.35. The summed E-state index contributed by atoms with van der Waals surface area (Å²) in [5.74, 6) is 1.83. The molecule has 0 amide bonds. The molecule has 0 bridgehead atoms. The second-order valence-corrected chi connectivity index (χ2v) is 4.69. The van der Waals surface area contributed by atoms with Crippen LogP contribution in [0.5, 0.6) is 11.5 Å². The van der Waals surface area contributed by atoms with Crippen LogP contribution in [0.3, 0.4) is 0 Å². The van der Waals surface area contributed by atoms with E-state index < -0.39 is 0 Å². The maximum absolute atomic E-state index is 5.75. The molecule has 1 heterocycles. The molecule has 0 saturated carbocycles. The first kappa shape index (κ1) is 16.1. The minimum absolute atomic E-state index is 0. The van der Waals surface area contributed by atoms with Crippen molar-refractivity contribution in [2.45, 2.75) is 38.6 Å². The van der Waals surface area contributed by atoms with E-state index >= 15 is 0 Å². The molecule has 1 aromatic rings. The highest BCUT2D eigenvalue weighted by Gasteiger charge is 2.11. The fraction of sp³-hybridized carbons (Fsp3) is 0.600. The second-order valence-electron chi connectivity index (χ2n) is 4.69. The summed E-state index contributed by atoms with van der Waals surface area (Å²) in [6, 6.07) is 8.50. The van der Waals surface area contributed by atoms with Crippen LogP contribution in [0.4, 0.5) is 0 Å². The molecule has 0 radical (unpaired) electrons. The predicted molar refractivity (Wildman–Crippen MR) is 80.6 cm³/mol. The quantitative estimate of drug-likeness (QED) is 0.869. The van der Waals surface area contributed by atoms with Crippen molar-refractivity contribution in [1.82, 2.24) is 5.32 Å². The van der Waals surface area contributed by atoms with E-state index in [1.54, 1.807) is 0 Å². The van der Waals surface area contributed by atoms with E-state index in [1.165, 1.54) is 19.3 Å². The van der Waals surface area contributed by atoms with E-state index in [4.69, 9.17) is 9.47 Å². The lowest BCUT2D eigenvalue weighted by atomic mass is 10.0. The predicted octanol–water partition coefficient (Wildman–Crippen LogP) is 3.42. The van der Waals surface area contributed by atoms with Crippen LogP contribution in [0.25, 0.3) is 0 Å². The largest absolute Gasteiger partial charge is 0.494 e. The number of benzene rings is 1. The van der Waals surface area contributed by atoms with Gasteiger partial charge in [0.2, 0.25) is 0 Å². The number of ether oxygens (including phenoxy) is 2. The first-order valence-electron chi connectivity index (χ1n) is 6.97. The molecule has 19 heavy (non-hydrogen) atoms. The lowest BCUT2D eigenvalue weighted by Gasteiger charge is -2.23. The molecule has 1 aliphatic rings. The van der Waals surface area contributed by atoms with Crippen LogP contribution in [0.1, 0.15) is 32.6 Å². The van der Waals surface area contributed by atoms with Crippen LogP contribution in [0.15, 0.2) is 24.3 Å². The summed E-state index contributed by atoms with van der Waals surface area (Å²) in [6.07, 6.45) is 5.04. The maximum Gasteiger partial charge on any atom is 0.119 e. The Morgan fingerprint density at radius 3 is 2.37 bits per heavy atom. The molecule has 4 heteroatoms. The average Bonchev–Trinajstić information content (AvgIpc) is 2.42. The summed E-state index contributed by atoms with van der Waals surface area (Å²) >= 11 is 0. The van der Waals surface area contributed by atoms with Crippen molar-refractivity contribution in [2.75, 3.05) is 19.8 Å². The molecule has 1 fully saturated rings. The molecule has 2 rings (SSSR count). The third-order valence-corrected chi connectivity index (χ3v) is 3.28. The van der Waals surface area contributed by atoms with E-state index in [9.17, 15) is 0 Å². The minimum atomic E-state index is 0. The van der Waals surface area contributed by atoms with Crippen molar-refractivity contribution in [2.24, 2.45) is 0 Å². The van der Waals surface area contributed by atoms with Gasteiger partial charge in [0, 0.05) is 6.04 Å². The van der Waals surface area contributed by atoms with Crippen molar-refractivity contribution in [3.63, 3.8) is 0 Å². The van der Waals surface area contributed by atoms with E-state index in [0.29, 0.717) is 12.6 Å². The van der Waals surface area contributed by atoms with Crippen LogP contribution in [0, 0.1) is 0 Å². The van der Waals surface area contributed by atoms with Crippen molar-refractivity contribution in [3.05, 3.63) is 24.3 Å². The Labute approximate surface area is 122 Å². The van der Waals surface area contributed by atoms with E-state index in [-0.39, 0.29) is 12.4 Å². The summed E-state index contributed by atoms with van der Waals surface area (Å²) in [6.45, 7) is 4.63. The highest BCUT2D eigenvalue weighted by molar-refractivity contribution is 5.85. The Morgan fingerprint density at radius 2 is 1.79 bits per heavy atom. The van der Waals surface area contributed by atoms with Crippen molar-refractivity contribution < 1.29 is 9.47 Å². The van der Waals surface area contributed by atoms with Gasteiger partial charge in [0.15, 0.2) is 0 Å². The molecule has 0 spiro atoms. The maximum atomic E-state index is 5.75. The molecule has 1 atom stereocenters. The Bertz CT molecular complexity index is 337. The van der Waals surface area contributed by atoms with Gasteiger partial charge in [-0.05, 0) is 57.0 Å². The van der Waals surface area contributed by atoms with Crippen molar-refractivity contribution in [1.29, 1.82) is 0 Å². The van der Waals surface area contributed by atoms with Gasteiger partial charge in [-0.2, -0.15) is 0 Å². The molecule has 1 aromatic carbocycles. The standard InChI is InChI=1S/C15H23NO2.ClH/c1-2-17-14-6-8-15(9-7-14)18-12-10-13-5-3-4-11-16-13;/h6-9,13,16H,2-5,10-12H2,1H3;1H. The number of hydrogen-bond acceptors (Lipinski definition) is 3. The fourth-order valence-electron chi connectivity index (χ4n) is 2.29. The Morgan fingerprint density at radius 1 is 1.11 bits per heavy atom. The van der Waals surface area contributed by atoms with E-state index in [0.717, 1.165) is 31.1 Å². The van der Waals surface area contributed by atoms with Crippen LogP contribution in [-0.4, -0.2) is 25.8 Å². The highest BCUT2D eigenvalue weighted by atomic mass is 35.5. The number of piperidine rings is 1. The van der Waals surface area contributed by atoms with Crippen LogP contribution >= 0.6 is 12.4 Å². The van der Waals surface area contributed by atoms with Gasteiger partial charge in [0.25, 0.3) is 0 Å². The monoisotopic (exact) mass is 285 g/mol. The van der Waals surface area contributed by atoms with Gasteiger partial charge >= 0.3 is 0 Å². The number of halogens is 1. The topological polar surface area (TPSA) is 30.5 Å². The van der Waals surface area contributed by atoms with Gasteiger partial charge in [0.1, 0.15) is 11.5 Å². The summed E-state index contributed by atoms with van der Waals surface area (Å²) in [5, 5.41) is 3.53. The molecule has 1 unspecified atom stereocenters. The second kappa shape index (κ2) is 9.05. The van der Waals surface area contributed by atoms with E-state index in [1.807, 2.05) is 31.2 Å². The van der Waals surface area contributed by atoms with Gasteiger partial charge in [-0.1, -0.05) is 6.42 Å². The Balaban J connectivity index is 0.00000180. The zero-order chi connectivity index (χ0) is 12.6. The normalized spacial score (nSPS) is 18.5. The number of rotatable bonds is 6. The molecule has 1 saturated heterocycles. The molecular weight excluding hydrogens is 262 g/mol. The Hall–Kier alpha value is -0.930. The zero-order valence-corrected chi connectivity index (χ0v) is 12.4. The highest BCUT2D eigenvalue weighted by Crippen LogP contribution is 2.18. The SMILES string of the molecule is CCOc1ccc(OCCC2CCCCN2)cc1.Cl. The van der Waals surface area contributed by atoms with Gasteiger partial charge in [0.05, 0.1) is 13.2 Å². The van der Waals surface area contributed by atoms with Crippen molar-refractivity contribution >= 4 is 12.4 Å². The van der Waals surface area contributed by atoms with Crippen LogP contribution in [-0.2, 0) is 0 Å². The third kappa shape index (κ3) is 5.70. The summed E-state index contributed by atoms with van der Waals surface area (Å²) in [5.41, 5.74) is 0. The molecule has 108 valence electrons. The first-order chi connectivity index (χ1) is 8.88. The third-order valence-electron chi connectivity index (χ3n) is 3.28. The van der Waals surface area contributed by atoms with Gasteiger partial charge in [-0.25, -0.2) is 0 Å². The zero-order valence-electron chi connectivity index (χ0n) is 11.6. The number of hydrogen-bond donors (Lipinski definition) is 1. The molecule has 3 nitrogen and oxygen atoms in total. The lowest BCUT2D eigenvalue weighted by molar-refractivity contribution is 0.267. The molecular formula is C15H24ClNO2. The number of nitrogens with one attached hydrogen (secondary N) is 1. The molecule has 0 aliphatic carbocycles. The molecule has 0 aromatic heterocycles. The summed E-state index contributed by atoms with van der Waals surface area (Å²) in [4.78, 5) is 0. The summed E-state index contributed by atoms with van der Waals surface area (Å²) in [7, 11) is 0. The van der Waals surface area contributed by atoms with Crippen LogP contribution in [0.2, 0.25) is 0 Å². The van der Waals surface area contributed by atoms with Crippen LogP contribution < -0.4 is 14.8 Å². The van der Waals surface area contributed by atoms with Gasteiger partial charge < -0.3 is 14.8 Å². The fourth-order valence-corrected chi connectivity index (χ4v) is 2.29. The average molecular weight is 286 g/mol. The van der Waals surface area contributed by atoms with Gasteiger partial charge in [-0.15, -0.1) is 12.4 Å². The minimum Gasteiger partial charge on any atom is -0.494 e. The van der Waals surface area contributed by atoms with Gasteiger partial charge in [-0.3, -0.25) is 0 Å². The van der Waals surface area contributed by atoms with Crippen molar-refractivity contribution in [3.8, 4) is 11.5 Å². The first-order valence-corrected chi connectivity index (χ1v) is 6.97. The molecule has 1 N–H and O–H groups in total. The summed E-state index contributed by atoms with van der Waals surface area (Å²) < 4.78 is 11.1. The van der Waals surface area contributed by atoms with E-state index in [2.05, 4.69) is 5.32 Å². The molecule has 1 aliphatic heterocycles.